The first kappa shape index (κ1) is 14.3. The third kappa shape index (κ3) is 3.91. The monoisotopic (exact) mass is 389 g/mol. The smallest absolute Gasteiger partial charge is 0.251 e. The first-order valence-electron chi connectivity index (χ1n) is 5.54. The molecule has 0 aliphatic carbocycles. The van der Waals surface area contributed by atoms with Crippen molar-refractivity contribution in [3.8, 4) is 0 Å². The number of amides is 1. The van der Waals surface area contributed by atoms with E-state index < -0.39 is 5.82 Å². The Morgan fingerprint density at radius 2 is 1.89 bits per heavy atom. The molecule has 0 aliphatic heterocycles. The molecule has 0 aromatic heterocycles. The van der Waals surface area contributed by atoms with Crippen LogP contribution >= 0.6 is 34.2 Å². The van der Waals surface area contributed by atoms with Gasteiger partial charge in [-0.25, -0.2) is 4.39 Å². The number of carbonyl (C=O) groups excluding carboxylic acids is 1. The van der Waals surface area contributed by atoms with Crippen molar-refractivity contribution in [3.05, 3.63) is 68.0 Å². The van der Waals surface area contributed by atoms with Crippen molar-refractivity contribution in [2.24, 2.45) is 0 Å². The van der Waals surface area contributed by atoms with E-state index in [0.29, 0.717) is 16.1 Å². The molecule has 0 spiro atoms. The predicted octanol–water partition coefficient (Wildman–Crippen LogP) is 4.01. The lowest BCUT2D eigenvalue weighted by atomic mass is 10.2. The fourth-order valence-corrected chi connectivity index (χ4v) is 2.14. The number of benzene rings is 2. The maximum atomic E-state index is 12.9. The zero-order valence-electron chi connectivity index (χ0n) is 9.79. The Bertz CT molecular complexity index is 601. The SMILES string of the molecule is O=C(NCc1ccc(F)cc1Cl)c1ccc(I)cc1. The Hall–Kier alpha value is -1.14. The number of carbonyl (C=O) groups is 1. The quantitative estimate of drug-likeness (QED) is 0.790. The third-order valence-corrected chi connectivity index (χ3v) is 3.63. The zero-order chi connectivity index (χ0) is 13.8. The van der Waals surface area contributed by atoms with Gasteiger partial charge in [0.25, 0.3) is 5.91 Å². The molecule has 2 aromatic rings. The number of hydrogen-bond acceptors (Lipinski definition) is 1. The van der Waals surface area contributed by atoms with E-state index >= 15 is 0 Å². The lowest BCUT2D eigenvalue weighted by Gasteiger charge is -2.07. The zero-order valence-corrected chi connectivity index (χ0v) is 12.7. The van der Waals surface area contributed by atoms with Crippen LogP contribution < -0.4 is 5.32 Å². The Morgan fingerprint density at radius 1 is 1.21 bits per heavy atom. The van der Waals surface area contributed by atoms with Gasteiger partial charge in [-0.3, -0.25) is 4.79 Å². The van der Waals surface area contributed by atoms with Crippen LogP contribution in [0.1, 0.15) is 15.9 Å². The van der Waals surface area contributed by atoms with Crippen LogP contribution in [0.4, 0.5) is 4.39 Å². The van der Waals surface area contributed by atoms with E-state index in [9.17, 15) is 9.18 Å². The van der Waals surface area contributed by atoms with E-state index in [1.54, 1.807) is 18.2 Å². The molecule has 0 radical (unpaired) electrons. The van der Waals surface area contributed by atoms with Crippen molar-refractivity contribution in [3.63, 3.8) is 0 Å². The molecule has 0 atom stereocenters. The lowest BCUT2D eigenvalue weighted by Crippen LogP contribution is -2.22. The van der Waals surface area contributed by atoms with Crippen molar-refractivity contribution in [2.75, 3.05) is 0 Å². The lowest BCUT2D eigenvalue weighted by molar-refractivity contribution is 0.0951. The van der Waals surface area contributed by atoms with Crippen LogP contribution in [-0.4, -0.2) is 5.91 Å². The molecular weight excluding hydrogens is 380 g/mol. The van der Waals surface area contributed by atoms with Gasteiger partial charge in [0, 0.05) is 20.7 Å². The van der Waals surface area contributed by atoms with Crippen LogP contribution in [0.2, 0.25) is 5.02 Å². The summed E-state index contributed by atoms with van der Waals surface area (Å²) in [7, 11) is 0. The van der Waals surface area contributed by atoms with Gasteiger partial charge in [0.15, 0.2) is 0 Å². The van der Waals surface area contributed by atoms with Gasteiger partial charge in [-0.05, 0) is 64.6 Å². The molecule has 0 unspecified atom stereocenters. The van der Waals surface area contributed by atoms with Crippen LogP contribution in [0, 0.1) is 9.39 Å². The van der Waals surface area contributed by atoms with Crippen molar-refractivity contribution >= 4 is 40.1 Å². The summed E-state index contributed by atoms with van der Waals surface area (Å²) in [5.74, 6) is -0.575. The fraction of sp³-hybridized carbons (Fsp3) is 0.0714. The minimum absolute atomic E-state index is 0.184. The molecule has 0 fully saturated rings. The third-order valence-electron chi connectivity index (χ3n) is 2.56. The maximum absolute atomic E-state index is 12.9. The molecule has 2 rings (SSSR count). The second-order valence-electron chi connectivity index (χ2n) is 3.93. The Balaban J connectivity index is 2.02. The van der Waals surface area contributed by atoms with Crippen LogP contribution in [0.3, 0.4) is 0 Å². The highest BCUT2D eigenvalue weighted by Gasteiger charge is 2.07. The fourth-order valence-electron chi connectivity index (χ4n) is 1.54. The molecule has 0 heterocycles. The van der Waals surface area contributed by atoms with Gasteiger partial charge in [-0.2, -0.15) is 0 Å². The van der Waals surface area contributed by atoms with Crippen molar-refractivity contribution in [2.45, 2.75) is 6.54 Å². The Morgan fingerprint density at radius 3 is 2.53 bits per heavy atom. The molecule has 2 nitrogen and oxygen atoms in total. The largest absolute Gasteiger partial charge is 0.348 e. The van der Waals surface area contributed by atoms with Crippen LogP contribution in [-0.2, 0) is 6.54 Å². The molecule has 0 saturated heterocycles. The summed E-state index contributed by atoms with van der Waals surface area (Å²) in [6.45, 7) is 0.268. The average molecular weight is 390 g/mol. The summed E-state index contributed by atoms with van der Waals surface area (Å²) < 4.78 is 13.9. The van der Waals surface area contributed by atoms with Gasteiger partial charge in [-0.1, -0.05) is 17.7 Å². The Kier molecular flexibility index (Phi) is 4.76. The highest BCUT2D eigenvalue weighted by atomic mass is 127. The minimum atomic E-state index is -0.391. The second-order valence-corrected chi connectivity index (χ2v) is 5.58. The van der Waals surface area contributed by atoms with Gasteiger partial charge in [-0.15, -0.1) is 0 Å². The van der Waals surface area contributed by atoms with E-state index in [4.69, 9.17) is 11.6 Å². The molecule has 0 bridgehead atoms. The average Bonchev–Trinajstić information content (AvgIpc) is 2.38. The van der Waals surface area contributed by atoms with Crippen LogP contribution in [0.15, 0.2) is 42.5 Å². The van der Waals surface area contributed by atoms with Crippen molar-refractivity contribution in [1.29, 1.82) is 0 Å². The normalized spacial score (nSPS) is 10.3. The van der Waals surface area contributed by atoms with Gasteiger partial charge in [0.1, 0.15) is 5.82 Å². The van der Waals surface area contributed by atoms with Gasteiger partial charge >= 0.3 is 0 Å². The van der Waals surface area contributed by atoms with E-state index in [0.717, 1.165) is 3.57 Å². The molecule has 0 saturated carbocycles. The highest BCUT2D eigenvalue weighted by molar-refractivity contribution is 14.1. The number of nitrogens with one attached hydrogen (secondary N) is 1. The first-order valence-corrected chi connectivity index (χ1v) is 6.99. The standard InChI is InChI=1S/C14H10ClFINO/c15-13-7-11(16)4-1-10(13)8-18-14(19)9-2-5-12(17)6-3-9/h1-7H,8H2,(H,18,19). The minimum Gasteiger partial charge on any atom is -0.348 e. The number of rotatable bonds is 3. The van der Waals surface area contributed by atoms with E-state index in [-0.39, 0.29) is 12.5 Å². The summed E-state index contributed by atoms with van der Waals surface area (Å²) >= 11 is 8.06. The van der Waals surface area contributed by atoms with Crippen LogP contribution in [0.25, 0.3) is 0 Å². The summed E-state index contributed by atoms with van der Waals surface area (Å²) in [4.78, 5) is 11.9. The van der Waals surface area contributed by atoms with Gasteiger partial charge in [0.2, 0.25) is 0 Å². The molecule has 5 heteroatoms. The molecule has 1 N–H and O–H groups in total. The first-order chi connectivity index (χ1) is 9.06. The van der Waals surface area contributed by atoms with E-state index in [1.807, 2.05) is 12.1 Å². The second kappa shape index (κ2) is 6.34. The van der Waals surface area contributed by atoms with Gasteiger partial charge < -0.3 is 5.32 Å². The molecular formula is C14H10ClFINO. The number of halogens is 3. The molecule has 98 valence electrons. The summed E-state index contributed by atoms with van der Waals surface area (Å²) in [5.41, 5.74) is 1.26. The maximum Gasteiger partial charge on any atom is 0.251 e. The summed E-state index contributed by atoms with van der Waals surface area (Å²) in [6.07, 6.45) is 0. The molecule has 2 aromatic carbocycles. The summed E-state index contributed by atoms with van der Waals surface area (Å²) in [5, 5.41) is 3.05. The predicted molar refractivity (Wildman–Crippen MR) is 81.7 cm³/mol. The molecule has 19 heavy (non-hydrogen) atoms. The van der Waals surface area contributed by atoms with Crippen molar-refractivity contribution < 1.29 is 9.18 Å². The number of hydrogen-bond donors (Lipinski definition) is 1. The van der Waals surface area contributed by atoms with Gasteiger partial charge in [0.05, 0.1) is 0 Å². The van der Waals surface area contributed by atoms with Crippen LogP contribution in [0.5, 0.6) is 0 Å². The topological polar surface area (TPSA) is 29.1 Å². The van der Waals surface area contributed by atoms with E-state index in [2.05, 4.69) is 27.9 Å². The summed E-state index contributed by atoms with van der Waals surface area (Å²) in [6, 6.07) is 11.3. The molecule has 1 amide bonds. The Labute approximate surface area is 129 Å². The van der Waals surface area contributed by atoms with E-state index in [1.165, 1.54) is 12.1 Å². The highest BCUT2D eigenvalue weighted by Crippen LogP contribution is 2.17. The molecule has 0 aliphatic rings. The van der Waals surface area contributed by atoms with Crippen molar-refractivity contribution in [1.82, 2.24) is 5.32 Å².